The Morgan fingerprint density at radius 2 is 1.04 bits per heavy atom. The molecule has 0 heterocycles. The van der Waals surface area contributed by atoms with Crippen molar-refractivity contribution < 1.29 is 4.55 Å². The van der Waals surface area contributed by atoms with Crippen LogP contribution in [0.15, 0.2) is 84.9 Å². The van der Waals surface area contributed by atoms with E-state index in [9.17, 15) is 4.55 Å². The highest BCUT2D eigenvalue weighted by atomic mass is 35.5. The largest absolute Gasteiger partial charge is 0.616 e. The van der Waals surface area contributed by atoms with Crippen LogP contribution in [0.4, 0.5) is 0 Å². The number of alkyl halides is 1. The molecule has 0 aliphatic rings. The lowest BCUT2D eigenvalue weighted by Crippen LogP contribution is -2.13. The standard InChI is InChI=1S/C21H19ClOS/c1-24(23)21(18-10-6-3-7-11-18)19-14-12-17(13-15-19)20(22)16-8-4-2-5-9-16/h2-15,20-21H,1H3. The van der Waals surface area contributed by atoms with E-state index in [-0.39, 0.29) is 10.6 Å². The van der Waals surface area contributed by atoms with Crippen molar-refractivity contribution in [3.8, 4) is 0 Å². The first kappa shape index (κ1) is 17.1. The molecule has 0 aliphatic carbocycles. The molecule has 0 fully saturated rings. The molecule has 3 heteroatoms. The SMILES string of the molecule is C[S+]([O-])C(c1ccccc1)c1ccc(C(Cl)c2ccccc2)cc1. The van der Waals surface area contributed by atoms with Crippen molar-refractivity contribution in [2.24, 2.45) is 0 Å². The predicted molar refractivity (Wildman–Crippen MR) is 103 cm³/mol. The van der Waals surface area contributed by atoms with Gasteiger partial charge < -0.3 is 4.55 Å². The molecule has 3 rings (SSSR count). The minimum Gasteiger partial charge on any atom is -0.616 e. The van der Waals surface area contributed by atoms with E-state index in [4.69, 9.17) is 11.6 Å². The molecule has 0 radical (unpaired) electrons. The summed E-state index contributed by atoms with van der Waals surface area (Å²) in [6.07, 6.45) is 1.75. The average Bonchev–Trinajstić information content (AvgIpc) is 2.63. The molecule has 3 aromatic rings. The summed E-state index contributed by atoms with van der Waals surface area (Å²) in [5.41, 5.74) is 4.23. The first-order chi connectivity index (χ1) is 11.7. The maximum atomic E-state index is 12.3. The van der Waals surface area contributed by atoms with Crippen molar-refractivity contribution in [1.29, 1.82) is 0 Å². The number of benzene rings is 3. The van der Waals surface area contributed by atoms with Gasteiger partial charge in [-0.15, -0.1) is 11.6 Å². The van der Waals surface area contributed by atoms with Gasteiger partial charge in [-0.2, -0.15) is 0 Å². The first-order valence-electron chi connectivity index (χ1n) is 7.83. The smallest absolute Gasteiger partial charge is 0.165 e. The van der Waals surface area contributed by atoms with Crippen LogP contribution in [-0.2, 0) is 11.2 Å². The van der Waals surface area contributed by atoms with Crippen molar-refractivity contribution in [3.63, 3.8) is 0 Å². The third-order valence-corrected chi connectivity index (χ3v) is 5.77. The number of halogens is 1. The normalized spacial score (nSPS) is 14.8. The summed E-state index contributed by atoms with van der Waals surface area (Å²) in [4.78, 5) is 0. The maximum absolute atomic E-state index is 12.3. The zero-order valence-corrected chi connectivity index (χ0v) is 15.0. The van der Waals surface area contributed by atoms with Gasteiger partial charge >= 0.3 is 0 Å². The fourth-order valence-corrected chi connectivity index (χ4v) is 4.23. The van der Waals surface area contributed by atoms with Crippen LogP contribution < -0.4 is 0 Å². The Kier molecular flexibility index (Phi) is 5.62. The molecule has 0 N–H and O–H groups in total. The molecular formula is C21H19ClOS. The van der Waals surface area contributed by atoms with Gasteiger partial charge in [0, 0.05) is 11.1 Å². The summed E-state index contributed by atoms with van der Waals surface area (Å²) >= 11 is 5.59. The van der Waals surface area contributed by atoms with Crippen LogP contribution in [0.25, 0.3) is 0 Å². The fourth-order valence-electron chi connectivity index (χ4n) is 2.86. The van der Waals surface area contributed by atoms with Gasteiger partial charge in [-0.25, -0.2) is 0 Å². The average molecular weight is 355 g/mol. The van der Waals surface area contributed by atoms with Crippen LogP contribution in [0.2, 0.25) is 0 Å². The number of rotatable bonds is 5. The van der Waals surface area contributed by atoms with Crippen LogP contribution in [0.5, 0.6) is 0 Å². The molecule has 0 amide bonds. The molecule has 0 saturated carbocycles. The topological polar surface area (TPSA) is 23.1 Å². The van der Waals surface area contributed by atoms with Gasteiger partial charge in [-0.05, 0) is 22.3 Å². The van der Waals surface area contributed by atoms with Gasteiger partial charge in [0.2, 0.25) is 0 Å². The predicted octanol–water partition coefficient (Wildman–Crippen LogP) is 5.48. The molecular weight excluding hydrogens is 336 g/mol. The highest BCUT2D eigenvalue weighted by Gasteiger charge is 2.23. The summed E-state index contributed by atoms with van der Waals surface area (Å²) in [6, 6.07) is 28.1. The van der Waals surface area contributed by atoms with E-state index >= 15 is 0 Å². The second kappa shape index (κ2) is 7.89. The van der Waals surface area contributed by atoms with Crippen molar-refractivity contribution in [2.75, 3.05) is 6.26 Å². The lowest BCUT2D eigenvalue weighted by atomic mass is 9.99. The minimum absolute atomic E-state index is 0.120. The lowest BCUT2D eigenvalue weighted by Gasteiger charge is -2.20. The van der Waals surface area contributed by atoms with Crippen molar-refractivity contribution >= 4 is 22.8 Å². The summed E-state index contributed by atoms with van der Waals surface area (Å²) < 4.78 is 12.3. The van der Waals surface area contributed by atoms with Crippen LogP contribution in [0.1, 0.15) is 32.9 Å². The van der Waals surface area contributed by atoms with E-state index in [0.29, 0.717) is 0 Å². The summed E-state index contributed by atoms with van der Waals surface area (Å²) in [6.45, 7) is 0. The molecule has 0 aromatic heterocycles. The summed E-state index contributed by atoms with van der Waals surface area (Å²) in [5.74, 6) is 0. The van der Waals surface area contributed by atoms with Crippen LogP contribution in [-0.4, -0.2) is 10.8 Å². The van der Waals surface area contributed by atoms with Gasteiger partial charge in [0.05, 0.1) is 11.6 Å². The Hall–Kier alpha value is -1.74. The molecule has 0 aliphatic heterocycles. The third-order valence-electron chi connectivity index (χ3n) is 4.06. The van der Waals surface area contributed by atoms with Gasteiger partial charge in [0.15, 0.2) is 5.25 Å². The third kappa shape index (κ3) is 3.84. The summed E-state index contributed by atoms with van der Waals surface area (Å²) in [7, 11) is 0. The Morgan fingerprint density at radius 3 is 1.54 bits per heavy atom. The highest BCUT2D eigenvalue weighted by molar-refractivity contribution is 7.91. The van der Waals surface area contributed by atoms with Gasteiger partial charge in [-0.1, -0.05) is 84.9 Å². The van der Waals surface area contributed by atoms with Gasteiger partial charge in [0.1, 0.15) is 0 Å². The Bertz CT molecular complexity index is 757. The zero-order chi connectivity index (χ0) is 16.9. The molecule has 0 saturated heterocycles. The van der Waals surface area contributed by atoms with Crippen LogP contribution >= 0.6 is 11.6 Å². The van der Waals surface area contributed by atoms with E-state index in [2.05, 4.69) is 0 Å². The molecule has 3 unspecified atom stereocenters. The second-order valence-corrected chi connectivity index (χ2v) is 7.63. The Labute approximate surface area is 151 Å². The van der Waals surface area contributed by atoms with Crippen molar-refractivity contribution in [2.45, 2.75) is 10.6 Å². The van der Waals surface area contributed by atoms with E-state index in [1.54, 1.807) is 6.26 Å². The maximum Gasteiger partial charge on any atom is 0.165 e. The minimum atomic E-state index is -0.992. The highest BCUT2D eigenvalue weighted by Crippen LogP contribution is 2.33. The van der Waals surface area contributed by atoms with Gasteiger partial charge in [0.25, 0.3) is 0 Å². The van der Waals surface area contributed by atoms with Crippen LogP contribution in [0, 0.1) is 0 Å². The van der Waals surface area contributed by atoms with Crippen LogP contribution in [0.3, 0.4) is 0 Å². The van der Waals surface area contributed by atoms with E-state index in [1.807, 2.05) is 84.9 Å². The van der Waals surface area contributed by atoms with E-state index < -0.39 is 11.2 Å². The number of hydrogen-bond donors (Lipinski definition) is 0. The molecule has 122 valence electrons. The quantitative estimate of drug-likeness (QED) is 0.439. The monoisotopic (exact) mass is 354 g/mol. The zero-order valence-electron chi connectivity index (χ0n) is 13.4. The molecule has 0 bridgehead atoms. The fraction of sp³-hybridized carbons (Fsp3) is 0.143. The van der Waals surface area contributed by atoms with E-state index in [1.165, 1.54) is 0 Å². The first-order valence-corrected chi connectivity index (χ1v) is 9.88. The Morgan fingerprint density at radius 1 is 0.667 bits per heavy atom. The Balaban J connectivity index is 1.88. The van der Waals surface area contributed by atoms with Gasteiger partial charge in [-0.3, -0.25) is 0 Å². The number of hydrogen-bond acceptors (Lipinski definition) is 1. The molecule has 3 atom stereocenters. The second-order valence-electron chi connectivity index (χ2n) is 5.73. The van der Waals surface area contributed by atoms with Crippen molar-refractivity contribution in [3.05, 3.63) is 107 Å². The van der Waals surface area contributed by atoms with Crippen molar-refractivity contribution in [1.82, 2.24) is 0 Å². The molecule has 0 spiro atoms. The molecule has 1 nitrogen and oxygen atoms in total. The molecule has 3 aromatic carbocycles. The summed E-state index contributed by atoms with van der Waals surface area (Å²) in [5, 5.41) is -0.298. The lowest BCUT2D eigenvalue weighted by molar-refractivity contribution is 0.594. The molecule has 24 heavy (non-hydrogen) atoms. The van der Waals surface area contributed by atoms with E-state index in [0.717, 1.165) is 22.3 Å².